The molecule has 0 saturated heterocycles. The van der Waals surface area contributed by atoms with E-state index in [2.05, 4.69) is 4.74 Å². The molecule has 8 heteroatoms. The molecule has 0 spiro atoms. The van der Waals surface area contributed by atoms with Crippen molar-refractivity contribution < 1.29 is 35.9 Å². The summed E-state index contributed by atoms with van der Waals surface area (Å²) in [6.45, 7) is 1.25. The van der Waals surface area contributed by atoms with E-state index in [9.17, 15) is 31.1 Å². The van der Waals surface area contributed by atoms with Crippen molar-refractivity contribution in [1.29, 1.82) is 0 Å². The number of carbonyl (C=O) groups is 1. The number of alkyl halides is 6. The lowest BCUT2D eigenvalue weighted by molar-refractivity contribution is -0.312. The smallest absolute Gasteiger partial charge is 0.434 e. The van der Waals surface area contributed by atoms with Gasteiger partial charge in [-0.1, -0.05) is 6.08 Å². The van der Waals surface area contributed by atoms with Gasteiger partial charge in [0.25, 0.3) is 6.10 Å². The molecule has 0 aromatic rings. The van der Waals surface area contributed by atoms with Crippen LogP contribution in [0.5, 0.6) is 0 Å². The van der Waals surface area contributed by atoms with E-state index >= 15 is 0 Å². The molecular formula is C7H6F6O2. The Labute approximate surface area is 80.5 Å². The Morgan fingerprint density at radius 1 is 1.13 bits per heavy atom. The van der Waals surface area contributed by atoms with E-state index in [0.717, 1.165) is 6.08 Å². The summed E-state index contributed by atoms with van der Waals surface area (Å²) in [7, 11) is 0. The van der Waals surface area contributed by atoms with Crippen molar-refractivity contribution in [3.8, 4) is 0 Å². The number of rotatable bonds is 2. The molecule has 0 N–H and O–H groups in total. The van der Waals surface area contributed by atoms with E-state index in [1.807, 2.05) is 0 Å². The fourth-order valence-electron chi connectivity index (χ4n) is 0.611. The highest BCUT2D eigenvalue weighted by Gasteiger charge is 2.59. The molecule has 0 fully saturated rings. The van der Waals surface area contributed by atoms with E-state index in [1.165, 1.54) is 6.92 Å². The number of hydrogen-bond donors (Lipinski definition) is 0. The molecule has 2 nitrogen and oxygen atoms in total. The molecule has 0 bridgehead atoms. The summed E-state index contributed by atoms with van der Waals surface area (Å²) in [5.74, 6) is -1.70. The van der Waals surface area contributed by atoms with Gasteiger partial charge in [-0.25, -0.2) is 4.79 Å². The predicted molar refractivity (Wildman–Crippen MR) is 36.8 cm³/mol. The number of halogens is 6. The van der Waals surface area contributed by atoms with Crippen LogP contribution in [0.2, 0.25) is 0 Å². The second kappa shape index (κ2) is 4.54. The summed E-state index contributed by atoms with van der Waals surface area (Å²) in [5.41, 5.74) is 0. The molecule has 0 aromatic heterocycles. The third-order valence-electron chi connectivity index (χ3n) is 1.13. The van der Waals surface area contributed by atoms with Gasteiger partial charge >= 0.3 is 18.3 Å². The van der Waals surface area contributed by atoms with Crippen LogP contribution in [0.1, 0.15) is 6.92 Å². The van der Waals surface area contributed by atoms with Crippen molar-refractivity contribution in [3.63, 3.8) is 0 Å². The SMILES string of the molecule is CC=CC(=O)OC(C(F)(F)F)C(F)(F)F. The van der Waals surface area contributed by atoms with Crippen molar-refractivity contribution in [3.05, 3.63) is 12.2 Å². The molecule has 0 aromatic carbocycles. The number of ether oxygens (including phenoxy) is 1. The summed E-state index contributed by atoms with van der Waals surface area (Å²) in [6.07, 6.45) is -14.0. The highest BCUT2D eigenvalue weighted by atomic mass is 19.4. The zero-order valence-corrected chi connectivity index (χ0v) is 7.32. The highest BCUT2D eigenvalue weighted by Crippen LogP contribution is 2.35. The van der Waals surface area contributed by atoms with Crippen molar-refractivity contribution in [1.82, 2.24) is 0 Å². The zero-order chi connectivity index (χ0) is 12.3. The maximum Gasteiger partial charge on any atom is 0.434 e. The third-order valence-corrected chi connectivity index (χ3v) is 1.13. The normalized spacial score (nSPS) is 13.6. The van der Waals surface area contributed by atoms with Gasteiger partial charge in [-0.3, -0.25) is 0 Å². The van der Waals surface area contributed by atoms with Crippen LogP contribution in [0.15, 0.2) is 12.2 Å². The van der Waals surface area contributed by atoms with E-state index in [1.54, 1.807) is 0 Å². The van der Waals surface area contributed by atoms with Crippen LogP contribution < -0.4 is 0 Å². The van der Waals surface area contributed by atoms with E-state index < -0.39 is 24.4 Å². The maximum absolute atomic E-state index is 11.8. The summed E-state index contributed by atoms with van der Waals surface area (Å²) in [5, 5.41) is 0. The molecule has 0 aliphatic rings. The Balaban J connectivity index is 4.77. The fraction of sp³-hybridized carbons (Fsp3) is 0.571. The van der Waals surface area contributed by atoms with Crippen LogP contribution in [0.25, 0.3) is 0 Å². The Kier molecular flexibility index (Phi) is 4.17. The number of hydrogen-bond acceptors (Lipinski definition) is 2. The topological polar surface area (TPSA) is 26.3 Å². The predicted octanol–water partition coefficient (Wildman–Crippen LogP) is 2.60. The van der Waals surface area contributed by atoms with Crippen LogP contribution in [0, 0.1) is 0 Å². The molecule has 0 heterocycles. The van der Waals surface area contributed by atoms with Gasteiger partial charge in [-0.15, -0.1) is 0 Å². The van der Waals surface area contributed by atoms with Gasteiger partial charge in [0, 0.05) is 6.08 Å². The molecule has 88 valence electrons. The Hall–Kier alpha value is -1.21. The van der Waals surface area contributed by atoms with Crippen LogP contribution in [-0.2, 0) is 9.53 Å². The van der Waals surface area contributed by atoms with E-state index in [-0.39, 0.29) is 0 Å². The Bertz CT molecular complexity index is 237. The first-order chi connectivity index (χ1) is 6.59. The molecule has 0 aliphatic carbocycles. The average molecular weight is 236 g/mol. The molecule has 15 heavy (non-hydrogen) atoms. The summed E-state index contributed by atoms with van der Waals surface area (Å²) in [6, 6.07) is 0. The molecule has 0 saturated carbocycles. The van der Waals surface area contributed by atoms with E-state index in [0.29, 0.717) is 6.08 Å². The largest absolute Gasteiger partial charge is 0.440 e. The lowest BCUT2D eigenvalue weighted by atomic mass is 10.3. The summed E-state index contributed by atoms with van der Waals surface area (Å²) in [4.78, 5) is 10.4. The Morgan fingerprint density at radius 2 is 1.53 bits per heavy atom. The van der Waals surface area contributed by atoms with Crippen molar-refractivity contribution in [2.75, 3.05) is 0 Å². The van der Waals surface area contributed by atoms with Gasteiger partial charge in [0.15, 0.2) is 0 Å². The molecule has 0 unspecified atom stereocenters. The van der Waals surface area contributed by atoms with Gasteiger partial charge in [-0.05, 0) is 6.92 Å². The van der Waals surface area contributed by atoms with Crippen molar-refractivity contribution in [2.24, 2.45) is 0 Å². The van der Waals surface area contributed by atoms with Gasteiger partial charge in [0.2, 0.25) is 0 Å². The van der Waals surface area contributed by atoms with Crippen LogP contribution in [-0.4, -0.2) is 24.4 Å². The lowest BCUT2D eigenvalue weighted by Crippen LogP contribution is -2.45. The molecule has 0 radical (unpaired) electrons. The Morgan fingerprint density at radius 3 is 1.80 bits per heavy atom. The van der Waals surface area contributed by atoms with E-state index in [4.69, 9.17) is 0 Å². The number of esters is 1. The standard InChI is InChI=1S/C7H6F6O2/c1-2-3-4(14)15-5(6(8,9)10)7(11,12)13/h2-3,5H,1H3. The summed E-state index contributed by atoms with van der Waals surface area (Å²) >= 11 is 0. The second-order valence-corrected chi connectivity index (χ2v) is 2.40. The van der Waals surface area contributed by atoms with Gasteiger partial charge in [0.1, 0.15) is 0 Å². The molecule has 0 aliphatic heterocycles. The average Bonchev–Trinajstić information content (AvgIpc) is 1.96. The minimum absolute atomic E-state index is 0.463. The molecular weight excluding hydrogens is 230 g/mol. The minimum atomic E-state index is -5.67. The fourth-order valence-corrected chi connectivity index (χ4v) is 0.611. The molecule has 0 rings (SSSR count). The minimum Gasteiger partial charge on any atom is -0.440 e. The first-order valence-electron chi connectivity index (χ1n) is 3.55. The van der Waals surface area contributed by atoms with Gasteiger partial charge in [-0.2, -0.15) is 26.3 Å². The monoisotopic (exact) mass is 236 g/mol. The van der Waals surface area contributed by atoms with Crippen LogP contribution in [0.4, 0.5) is 26.3 Å². The quantitative estimate of drug-likeness (QED) is 0.418. The second-order valence-electron chi connectivity index (χ2n) is 2.40. The molecule has 0 amide bonds. The first kappa shape index (κ1) is 13.8. The maximum atomic E-state index is 11.8. The van der Waals surface area contributed by atoms with Crippen molar-refractivity contribution >= 4 is 5.97 Å². The first-order valence-corrected chi connectivity index (χ1v) is 3.55. The number of allylic oxidation sites excluding steroid dienone is 1. The lowest BCUT2D eigenvalue weighted by Gasteiger charge is -2.22. The highest BCUT2D eigenvalue weighted by molar-refractivity contribution is 5.82. The number of carbonyl (C=O) groups excluding carboxylic acids is 1. The van der Waals surface area contributed by atoms with Crippen molar-refractivity contribution in [2.45, 2.75) is 25.4 Å². The van der Waals surface area contributed by atoms with Crippen LogP contribution in [0.3, 0.4) is 0 Å². The van der Waals surface area contributed by atoms with Gasteiger partial charge in [0.05, 0.1) is 0 Å². The summed E-state index contributed by atoms with van der Waals surface area (Å²) < 4.78 is 74.0. The third kappa shape index (κ3) is 4.71. The van der Waals surface area contributed by atoms with Gasteiger partial charge < -0.3 is 4.74 Å². The zero-order valence-electron chi connectivity index (χ0n) is 7.32. The molecule has 0 atom stereocenters. The van der Waals surface area contributed by atoms with Crippen LogP contribution >= 0.6 is 0 Å².